The number of aromatic nitrogens is 1. The van der Waals surface area contributed by atoms with Gasteiger partial charge in [-0.15, -0.1) is 11.8 Å². The van der Waals surface area contributed by atoms with Crippen molar-refractivity contribution in [3.05, 3.63) is 66.7 Å². The highest BCUT2D eigenvalue weighted by molar-refractivity contribution is 7.99. The first-order chi connectivity index (χ1) is 15.8. The van der Waals surface area contributed by atoms with Crippen LogP contribution < -0.4 is 4.90 Å². The average Bonchev–Trinajstić information content (AvgIpc) is 2.86. The molecular weight excluding hydrogens is 412 g/mol. The molecule has 0 aliphatic carbocycles. The van der Waals surface area contributed by atoms with E-state index in [0.29, 0.717) is 5.25 Å². The normalized spacial score (nSPS) is 18.9. The smallest absolute Gasteiger partial charge is 0.0970 e. The van der Waals surface area contributed by atoms with Gasteiger partial charge in [0.1, 0.15) is 0 Å². The number of anilines is 1. The highest BCUT2D eigenvalue weighted by atomic mass is 32.2. The van der Waals surface area contributed by atoms with Crippen LogP contribution in [0.3, 0.4) is 0 Å². The Morgan fingerprint density at radius 2 is 1.41 bits per heavy atom. The molecule has 0 atom stereocenters. The molecule has 168 valence electrons. The number of piperidine rings is 1. The van der Waals surface area contributed by atoms with E-state index in [-0.39, 0.29) is 0 Å². The molecular formula is C27H34N4S. The first-order valence-corrected chi connectivity index (χ1v) is 13.0. The van der Waals surface area contributed by atoms with Crippen LogP contribution in [0.5, 0.6) is 0 Å². The number of thioether (sulfide) groups is 1. The van der Waals surface area contributed by atoms with Crippen molar-refractivity contribution >= 4 is 28.4 Å². The van der Waals surface area contributed by atoms with Gasteiger partial charge in [-0.1, -0.05) is 42.5 Å². The van der Waals surface area contributed by atoms with Crippen molar-refractivity contribution in [1.82, 2.24) is 14.8 Å². The summed E-state index contributed by atoms with van der Waals surface area (Å²) >= 11 is 1.98. The van der Waals surface area contributed by atoms with E-state index in [4.69, 9.17) is 4.98 Å². The molecule has 0 amide bonds. The molecule has 1 aromatic heterocycles. The Morgan fingerprint density at radius 1 is 0.719 bits per heavy atom. The molecule has 2 aliphatic heterocycles. The standard InChI is InChI=1S/C27H34N4S/c1-2-8-24(9-3-1)31-21-19-30(20-22-31)16-6-15-29-17-13-25(14-18-29)32-27-12-11-23-7-4-5-10-26(23)28-27/h1-5,7-12,25H,6,13-22H2. The minimum Gasteiger partial charge on any atom is -0.369 e. The summed E-state index contributed by atoms with van der Waals surface area (Å²) < 4.78 is 0. The number of hydrogen-bond donors (Lipinski definition) is 0. The van der Waals surface area contributed by atoms with E-state index >= 15 is 0 Å². The van der Waals surface area contributed by atoms with Crippen LogP contribution in [-0.4, -0.2) is 72.4 Å². The van der Waals surface area contributed by atoms with Gasteiger partial charge >= 0.3 is 0 Å². The summed E-state index contributed by atoms with van der Waals surface area (Å²) in [5.41, 5.74) is 2.48. The maximum atomic E-state index is 4.85. The maximum Gasteiger partial charge on any atom is 0.0970 e. The molecule has 32 heavy (non-hydrogen) atoms. The Kier molecular flexibility index (Phi) is 7.27. The van der Waals surface area contributed by atoms with Gasteiger partial charge in [-0.2, -0.15) is 0 Å². The van der Waals surface area contributed by atoms with E-state index in [1.807, 2.05) is 11.8 Å². The van der Waals surface area contributed by atoms with E-state index in [9.17, 15) is 0 Å². The molecule has 4 nitrogen and oxygen atoms in total. The van der Waals surface area contributed by atoms with Crippen molar-refractivity contribution in [3.63, 3.8) is 0 Å². The average molecular weight is 447 g/mol. The Labute approximate surface area is 196 Å². The van der Waals surface area contributed by atoms with E-state index in [1.54, 1.807) is 0 Å². The zero-order valence-corrected chi connectivity index (χ0v) is 19.7. The molecule has 0 spiro atoms. The zero-order chi connectivity index (χ0) is 21.6. The fourth-order valence-corrected chi connectivity index (χ4v) is 6.01. The van der Waals surface area contributed by atoms with Crippen molar-refractivity contribution < 1.29 is 0 Å². The summed E-state index contributed by atoms with van der Waals surface area (Å²) in [5, 5.41) is 3.11. The maximum absolute atomic E-state index is 4.85. The Hall–Kier alpha value is -2.08. The number of fused-ring (bicyclic) bond motifs is 1. The molecule has 2 fully saturated rings. The Bertz CT molecular complexity index is 979. The third-order valence-electron chi connectivity index (χ3n) is 6.84. The molecule has 3 heterocycles. The summed E-state index contributed by atoms with van der Waals surface area (Å²) in [6, 6.07) is 23.6. The molecule has 2 aromatic carbocycles. The van der Waals surface area contributed by atoms with Crippen LogP contribution in [0.4, 0.5) is 5.69 Å². The molecule has 2 saturated heterocycles. The number of likely N-dealkylation sites (tertiary alicyclic amines) is 1. The summed E-state index contributed by atoms with van der Waals surface area (Å²) in [6.45, 7) is 9.60. The first-order valence-electron chi connectivity index (χ1n) is 12.1. The van der Waals surface area contributed by atoms with Crippen LogP contribution in [0.2, 0.25) is 0 Å². The number of para-hydroxylation sites is 2. The number of benzene rings is 2. The van der Waals surface area contributed by atoms with E-state index < -0.39 is 0 Å². The minimum atomic E-state index is 0.700. The van der Waals surface area contributed by atoms with Crippen LogP contribution >= 0.6 is 11.8 Å². The topological polar surface area (TPSA) is 22.6 Å². The zero-order valence-electron chi connectivity index (χ0n) is 18.9. The number of hydrogen-bond acceptors (Lipinski definition) is 5. The summed E-state index contributed by atoms with van der Waals surface area (Å²) in [4.78, 5) is 12.7. The molecule has 0 radical (unpaired) electrons. The highest BCUT2D eigenvalue weighted by Crippen LogP contribution is 2.30. The molecule has 5 rings (SSSR count). The van der Waals surface area contributed by atoms with Crippen LogP contribution in [0.1, 0.15) is 19.3 Å². The number of piperazine rings is 1. The lowest BCUT2D eigenvalue weighted by Crippen LogP contribution is -2.47. The van der Waals surface area contributed by atoms with E-state index in [1.165, 1.54) is 74.6 Å². The SMILES string of the molecule is c1ccc(N2CCN(CCCN3CCC(Sc4ccc5ccccc5n4)CC3)CC2)cc1. The van der Waals surface area contributed by atoms with Crippen molar-refractivity contribution in [1.29, 1.82) is 0 Å². The predicted molar refractivity (Wildman–Crippen MR) is 137 cm³/mol. The quantitative estimate of drug-likeness (QED) is 0.508. The second kappa shape index (κ2) is 10.7. The van der Waals surface area contributed by atoms with Gasteiger partial charge in [0.05, 0.1) is 10.5 Å². The molecule has 2 aliphatic rings. The van der Waals surface area contributed by atoms with E-state index in [2.05, 4.69) is 81.4 Å². The van der Waals surface area contributed by atoms with Gasteiger partial charge in [0.25, 0.3) is 0 Å². The molecule has 0 bridgehead atoms. The van der Waals surface area contributed by atoms with Crippen molar-refractivity contribution in [3.8, 4) is 0 Å². The summed E-state index contributed by atoms with van der Waals surface area (Å²) in [7, 11) is 0. The lowest BCUT2D eigenvalue weighted by Gasteiger charge is -2.37. The monoisotopic (exact) mass is 446 g/mol. The van der Waals surface area contributed by atoms with Crippen molar-refractivity contribution in [2.45, 2.75) is 29.5 Å². The highest BCUT2D eigenvalue weighted by Gasteiger charge is 2.21. The molecule has 0 saturated carbocycles. The predicted octanol–water partition coefficient (Wildman–Crippen LogP) is 5.00. The summed E-state index contributed by atoms with van der Waals surface area (Å²) in [5.74, 6) is 0. The van der Waals surface area contributed by atoms with Crippen molar-refractivity contribution in [2.24, 2.45) is 0 Å². The fourth-order valence-electron chi connectivity index (χ4n) is 4.92. The molecule has 3 aromatic rings. The van der Waals surface area contributed by atoms with Crippen LogP contribution in [0.25, 0.3) is 10.9 Å². The second-order valence-electron chi connectivity index (χ2n) is 9.02. The first kappa shape index (κ1) is 21.7. The molecule has 0 unspecified atom stereocenters. The van der Waals surface area contributed by atoms with Crippen LogP contribution in [0, 0.1) is 0 Å². The van der Waals surface area contributed by atoms with Gasteiger partial charge < -0.3 is 9.80 Å². The second-order valence-corrected chi connectivity index (χ2v) is 10.3. The van der Waals surface area contributed by atoms with Crippen molar-refractivity contribution in [2.75, 3.05) is 57.3 Å². The van der Waals surface area contributed by atoms with Gasteiger partial charge in [-0.3, -0.25) is 4.90 Å². The number of pyridine rings is 1. The van der Waals surface area contributed by atoms with Gasteiger partial charge in [0, 0.05) is 42.5 Å². The van der Waals surface area contributed by atoms with Gasteiger partial charge in [-0.05, 0) is 69.7 Å². The summed E-state index contributed by atoms with van der Waals surface area (Å²) in [6.07, 6.45) is 3.83. The van der Waals surface area contributed by atoms with Gasteiger partial charge in [0.15, 0.2) is 0 Å². The van der Waals surface area contributed by atoms with E-state index in [0.717, 1.165) is 18.6 Å². The number of rotatable bonds is 7. The largest absolute Gasteiger partial charge is 0.369 e. The lowest BCUT2D eigenvalue weighted by atomic mass is 10.1. The van der Waals surface area contributed by atoms with Gasteiger partial charge in [0.2, 0.25) is 0 Å². The Balaban J connectivity index is 0.995. The molecule has 5 heteroatoms. The van der Waals surface area contributed by atoms with Gasteiger partial charge in [-0.25, -0.2) is 4.98 Å². The minimum absolute atomic E-state index is 0.700. The fraction of sp³-hybridized carbons (Fsp3) is 0.444. The Morgan fingerprint density at radius 3 is 2.19 bits per heavy atom. The third kappa shape index (κ3) is 5.64. The number of nitrogens with zero attached hydrogens (tertiary/aromatic N) is 4. The molecule has 0 N–H and O–H groups in total. The van der Waals surface area contributed by atoms with Crippen LogP contribution in [-0.2, 0) is 0 Å². The lowest BCUT2D eigenvalue weighted by molar-refractivity contribution is 0.200. The third-order valence-corrected chi connectivity index (χ3v) is 8.11. The van der Waals surface area contributed by atoms with Crippen LogP contribution in [0.15, 0.2) is 71.8 Å².